The van der Waals surface area contributed by atoms with Crippen LogP contribution in [-0.4, -0.2) is 41.2 Å². The van der Waals surface area contributed by atoms with E-state index in [1.165, 1.54) is 6.92 Å². The molecule has 0 saturated carbocycles. The second-order valence-electron chi connectivity index (χ2n) is 5.38. The van der Waals surface area contributed by atoms with E-state index in [-0.39, 0.29) is 12.5 Å². The zero-order chi connectivity index (χ0) is 14.9. The lowest BCUT2D eigenvalue weighted by Gasteiger charge is -2.37. The first-order valence-electron chi connectivity index (χ1n) is 6.94. The number of halogens is 1. The fraction of sp³-hybridized carbons (Fsp3) is 0.500. The Bertz CT molecular complexity index is 651. The zero-order valence-corrected chi connectivity index (χ0v) is 12.6. The molecule has 1 N–H and O–H groups in total. The number of alkyl halides is 1. The summed E-state index contributed by atoms with van der Waals surface area (Å²) >= 11 is 1.58. The molecule has 1 saturated heterocycles. The molecule has 2 aromatic heterocycles. The van der Waals surface area contributed by atoms with E-state index in [0.29, 0.717) is 25.9 Å². The van der Waals surface area contributed by atoms with E-state index in [9.17, 15) is 9.18 Å². The third-order valence-electron chi connectivity index (χ3n) is 3.85. The molecule has 0 radical (unpaired) electrons. The zero-order valence-electron chi connectivity index (χ0n) is 11.8. The Morgan fingerprint density at radius 2 is 2.24 bits per heavy atom. The monoisotopic (exact) mass is 308 g/mol. The maximum absolute atomic E-state index is 14.6. The molecule has 3 heterocycles. The van der Waals surface area contributed by atoms with E-state index >= 15 is 0 Å². The number of amides is 1. The normalized spacial score (nSPS) is 17.9. The third-order valence-corrected chi connectivity index (χ3v) is 4.67. The van der Waals surface area contributed by atoms with Crippen molar-refractivity contribution in [1.29, 1.82) is 0 Å². The fourth-order valence-corrected chi connectivity index (χ4v) is 3.34. The Labute approximate surface area is 126 Å². The van der Waals surface area contributed by atoms with E-state index in [1.54, 1.807) is 17.7 Å². The lowest BCUT2D eigenvalue weighted by atomic mass is 9.93. The lowest BCUT2D eigenvalue weighted by Crippen LogP contribution is -2.48. The fourth-order valence-electron chi connectivity index (χ4n) is 2.61. The second kappa shape index (κ2) is 5.55. The van der Waals surface area contributed by atoms with Crippen LogP contribution >= 0.6 is 11.3 Å². The van der Waals surface area contributed by atoms with Gasteiger partial charge >= 0.3 is 0 Å². The topological polar surface area (TPSA) is 58.1 Å². The molecule has 1 aliphatic rings. The van der Waals surface area contributed by atoms with Crippen LogP contribution in [0.4, 0.5) is 10.2 Å². The Balaban J connectivity index is 1.71. The van der Waals surface area contributed by atoms with Crippen molar-refractivity contribution in [3.05, 3.63) is 17.8 Å². The second-order valence-corrected chi connectivity index (χ2v) is 6.28. The van der Waals surface area contributed by atoms with Gasteiger partial charge in [0, 0.05) is 32.9 Å². The summed E-state index contributed by atoms with van der Waals surface area (Å²) in [6.07, 6.45) is 2.34. The molecule has 7 heteroatoms. The van der Waals surface area contributed by atoms with E-state index in [0.717, 1.165) is 16.0 Å². The van der Waals surface area contributed by atoms with Crippen LogP contribution in [0.5, 0.6) is 0 Å². The van der Waals surface area contributed by atoms with Gasteiger partial charge in [-0.25, -0.2) is 14.4 Å². The van der Waals surface area contributed by atoms with Gasteiger partial charge in [-0.2, -0.15) is 0 Å². The van der Waals surface area contributed by atoms with Gasteiger partial charge in [-0.3, -0.25) is 4.79 Å². The molecule has 0 aliphatic carbocycles. The summed E-state index contributed by atoms with van der Waals surface area (Å²) in [5.41, 5.74) is -1.32. The molecular formula is C14H17FN4OS. The quantitative estimate of drug-likeness (QED) is 0.944. The maximum atomic E-state index is 14.6. The van der Waals surface area contributed by atoms with Crippen LogP contribution in [0.3, 0.4) is 0 Å². The van der Waals surface area contributed by atoms with Gasteiger partial charge in [-0.05, 0) is 11.4 Å². The van der Waals surface area contributed by atoms with E-state index in [1.807, 2.05) is 11.4 Å². The number of fused-ring (bicyclic) bond motifs is 1. The molecule has 0 aromatic carbocycles. The number of carbonyl (C=O) groups is 1. The first-order valence-corrected chi connectivity index (χ1v) is 7.82. The summed E-state index contributed by atoms with van der Waals surface area (Å²) in [7, 11) is 0. The highest BCUT2D eigenvalue weighted by Gasteiger charge is 2.35. The van der Waals surface area contributed by atoms with Gasteiger partial charge in [0.1, 0.15) is 22.6 Å². The van der Waals surface area contributed by atoms with Gasteiger partial charge in [-0.15, -0.1) is 11.3 Å². The Morgan fingerprint density at radius 1 is 1.48 bits per heavy atom. The molecule has 0 spiro atoms. The number of piperidine rings is 1. The van der Waals surface area contributed by atoms with Crippen molar-refractivity contribution in [3.63, 3.8) is 0 Å². The SMILES string of the molecule is CC(=O)NCC1(F)CCN(c2ncnc3sccc23)CC1. The summed E-state index contributed by atoms with van der Waals surface area (Å²) in [6, 6.07) is 2.00. The number of carbonyl (C=O) groups excluding carboxylic acids is 1. The molecule has 0 unspecified atom stereocenters. The van der Waals surface area contributed by atoms with Crippen molar-refractivity contribution < 1.29 is 9.18 Å². The highest BCUT2D eigenvalue weighted by molar-refractivity contribution is 7.16. The Kier molecular flexibility index (Phi) is 3.75. The first kappa shape index (κ1) is 14.2. The number of aromatic nitrogens is 2. The number of nitrogens with zero attached hydrogens (tertiary/aromatic N) is 3. The average Bonchev–Trinajstić information content (AvgIpc) is 2.95. The van der Waals surface area contributed by atoms with E-state index in [2.05, 4.69) is 20.2 Å². The molecule has 1 fully saturated rings. The number of hydrogen-bond donors (Lipinski definition) is 1. The number of nitrogens with one attached hydrogen (secondary N) is 1. The molecule has 5 nitrogen and oxygen atoms in total. The van der Waals surface area contributed by atoms with Crippen LogP contribution < -0.4 is 10.2 Å². The minimum Gasteiger partial charge on any atom is -0.356 e. The van der Waals surface area contributed by atoms with Crippen LogP contribution in [0, 0.1) is 0 Å². The standard InChI is InChI=1S/C14H17FN4OS/c1-10(20)16-8-14(15)3-5-19(6-4-14)12-11-2-7-21-13(11)18-9-17-12/h2,7,9H,3-6,8H2,1H3,(H,16,20). The van der Waals surface area contributed by atoms with Gasteiger partial charge in [0.05, 0.1) is 11.9 Å². The highest BCUT2D eigenvalue weighted by Crippen LogP contribution is 2.32. The first-order chi connectivity index (χ1) is 10.1. The smallest absolute Gasteiger partial charge is 0.216 e. The van der Waals surface area contributed by atoms with E-state index in [4.69, 9.17) is 0 Å². The predicted molar refractivity (Wildman–Crippen MR) is 81.4 cm³/mol. The van der Waals surface area contributed by atoms with Crippen LogP contribution in [-0.2, 0) is 4.79 Å². The van der Waals surface area contributed by atoms with Crippen LogP contribution in [0.2, 0.25) is 0 Å². The summed E-state index contributed by atoms with van der Waals surface area (Å²) in [5, 5.41) is 5.59. The predicted octanol–water partition coefficient (Wildman–Crippen LogP) is 2.14. The summed E-state index contributed by atoms with van der Waals surface area (Å²) in [6.45, 7) is 2.69. The number of hydrogen-bond acceptors (Lipinski definition) is 5. The van der Waals surface area contributed by atoms with Gasteiger partial charge in [-0.1, -0.05) is 0 Å². The summed E-state index contributed by atoms with van der Waals surface area (Å²) in [5.74, 6) is 0.688. The lowest BCUT2D eigenvalue weighted by molar-refractivity contribution is -0.119. The molecule has 1 aliphatic heterocycles. The number of anilines is 1. The molecule has 0 atom stereocenters. The molecule has 3 rings (SSSR count). The van der Waals surface area contributed by atoms with Gasteiger partial charge in [0.2, 0.25) is 5.91 Å². The maximum Gasteiger partial charge on any atom is 0.216 e. The summed E-state index contributed by atoms with van der Waals surface area (Å²) in [4.78, 5) is 22.6. The molecule has 112 valence electrons. The summed E-state index contributed by atoms with van der Waals surface area (Å²) < 4.78 is 14.6. The molecule has 2 aromatic rings. The van der Waals surface area contributed by atoms with Crippen molar-refractivity contribution >= 4 is 33.3 Å². The van der Waals surface area contributed by atoms with Crippen molar-refractivity contribution in [2.75, 3.05) is 24.5 Å². The van der Waals surface area contributed by atoms with Crippen LogP contribution in [0.1, 0.15) is 19.8 Å². The van der Waals surface area contributed by atoms with Crippen LogP contribution in [0.15, 0.2) is 17.8 Å². The average molecular weight is 308 g/mol. The van der Waals surface area contributed by atoms with Gasteiger partial charge in [0.25, 0.3) is 0 Å². The molecule has 0 bridgehead atoms. The van der Waals surface area contributed by atoms with Gasteiger partial charge < -0.3 is 10.2 Å². The van der Waals surface area contributed by atoms with E-state index < -0.39 is 5.67 Å². The van der Waals surface area contributed by atoms with Crippen molar-refractivity contribution in [2.45, 2.75) is 25.4 Å². The number of thiophene rings is 1. The van der Waals surface area contributed by atoms with Crippen LogP contribution in [0.25, 0.3) is 10.2 Å². The Hall–Kier alpha value is -1.76. The minimum atomic E-state index is -1.32. The van der Waals surface area contributed by atoms with Gasteiger partial charge in [0.15, 0.2) is 0 Å². The molecule has 1 amide bonds. The Morgan fingerprint density at radius 3 is 2.95 bits per heavy atom. The number of rotatable bonds is 3. The minimum absolute atomic E-state index is 0.0911. The van der Waals surface area contributed by atoms with Crippen molar-refractivity contribution in [2.24, 2.45) is 0 Å². The third kappa shape index (κ3) is 2.97. The van der Waals surface area contributed by atoms with Crippen molar-refractivity contribution in [1.82, 2.24) is 15.3 Å². The highest BCUT2D eigenvalue weighted by atomic mass is 32.1. The largest absolute Gasteiger partial charge is 0.356 e. The molecule has 21 heavy (non-hydrogen) atoms. The molecular weight excluding hydrogens is 291 g/mol. The van der Waals surface area contributed by atoms with Crippen molar-refractivity contribution in [3.8, 4) is 0 Å².